The second kappa shape index (κ2) is 11.8. The molecule has 1 aliphatic heterocycles. The second-order valence-electron chi connectivity index (χ2n) is 9.58. The molecule has 1 fully saturated rings. The summed E-state index contributed by atoms with van der Waals surface area (Å²) in [5.74, 6) is -3.31. The summed E-state index contributed by atoms with van der Waals surface area (Å²) < 4.78 is 10.5. The van der Waals surface area contributed by atoms with Crippen LogP contribution in [-0.4, -0.2) is 53.1 Å². The third kappa shape index (κ3) is 5.76. The monoisotopic (exact) mass is 572 g/mol. The van der Waals surface area contributed by atoms with Crippen LogP contribution >= 0.6 is 11.6 Å². The molecule has 0 aromatic heterocycles. The first-order chi connectivity index (χ1) is 19.8. The van der Waals surface area contributed by atoms with E-state index in [1.807, 2.05) is 12.2 Å². The molecule has 3 aromatic carbocycles. The van der Waals surface area contributed by atoms with Gasteiger partial charge in [0.2, 0.25) is 0 Å². The Bertz CT molecular complexity index is 1520. The maximum Gasteiger partial charge on any atom is 0.343 e. The number of ether oxygens (including phenoxy) is 2. The fourth-order valence-corrected chi connectivity index (χ4v) is 4.97. The van der Waals surface area contributed by atoms with E-state index in [0.717, 1.165) is 10.0 Å². The number of hydrogen-bond acceptors (Lipinski definition) is 7. The van der Waals surface area contributed by atoms with Gasteiger partial charge in [0.25, 0.3) is 17.7 Å². The Morgan fingerprint density at radius 1 is 0.829 bits per heavy atom. The van der Waals surface area contributed by atoms with Crippen LogP contribution in [0.3, 0.4) is 0 Å². The van der Waals surface area contributed by atoms with Crippen LogP contribution in [0.25, 0.3) is 0 Å². The van der Waals surface area contributed by atoms with Gasteiger partial charge in [-0.1, -0.05) is 29.8 Å². The molecular formula is C31H25ClN2O7. The number of imide groups is 1. The summed E-state index contributed by atoms with van der Waals surface area (Å²) in [4.78, 5) is 66.0. The lowest BCUT2D eigenvalue weighted by Gasteiger charge is -2.30. The number of esters is 1. The number of hydrogen-bond donors (Lipinski definition) is 0. The zero-order chi connectivity index (χ0) is 29.1. The van der Waals surface area contributed by atoms with Crippen LogP contribution in [0.5, 0.6) is 11.5 Å². The average molecular weight is 573 g/mol. The van der Waals surface area contributed by atoms with Crippen molar-refractivity contribution < 1.29 is 33.4 Å². The van der Waals surface area contributed by atoms with E-state index in [1.165, 1.54) is 55.6 Å². The van der Waals surface area contributed by atoms with Crippen molar-refractivity contribution >= 4 is 41.1 Å². The number of halogens is 1. The summed E-state index contributed by atoms with van der Waals surface area (Å²) in [5.41, 5.74) is 0.644. The largest absolute Gasteiger partial charge is 0.497 e. The molecule has 0 bridgehead atoms. The Kier molecular flexibility index (Phi) is 7.98. The Balaban J connectivity index is 1.36. The highest BCUT2D eigenvalue weighted by Gasteiger charge is 2.51. The quantitative estimate of drug-likeness (QED) is 0.126. The predicted molar refractivity (Wildman–Crippen MR) is 148 cm³/mol. The number of benzene rings is 3. The molecule has 0 radical (unpaired) electrons. The van der Waals surface area contributed by atoms with Gasteiger partial charge < -0.3 is 9.47 Å². The number of carbonyl (C=O) groups excluding carboxylic acids is 5. The highest BCUT2D eigenvalue weighted by molar-refractivity contribution is 6.30. The van der Waals surface area contributed by atoms with Gasteiger partial charge in [0.05, 0.1) is 24.5 Å². The first-order valence-electron chi connectivity index (χ1n) is 12.9. The van der Waals surface area contributed by atoms with E-state index in [-0.39, 0.29) is 22.4 Å². The first-order valence-corrected chi connectivity index (χ1v) is 13.2. The van der Waals surface area contributed by atoms with Crippen molar-refractivity contribution in [2.45, 2.75) is 12.8 Å². The molecule has 0 saturated carbocycles. The number of methoxy groups -OCH3 is 1. The van der Waals surface area contributed by atoms with Crippen molar-refractivity contribution in [1.82, 2.24) is 10.0 Å². The van der Waals surface area contributed by atoms with E-state index in [4.69, 9.17) is 21.1 Å². The van der Waals surface area contributed by atoms with Crippen molar-refractivity contribution in [2.24, 2.45) is 11.8 Å². The van der Waals surface area contributed by atoms with Crippen LogP contribution in [0.1, 0.15) is 43.9 Å². The van der Waals surface area contributed by atoms with E-state index < -0.39 is 47.9 Å². The number of Topliss-reactive ketones (excluding diaryl/α,β-unsaturated/α-hetero) is 1. The smallest absolute Gasteiger partial charge is 0.343 e. The first kappa shape index (κ1) is 27.8. The summed E-state index contributed by atoms with van der Waals surface area (Å²) in [5, 5.41) is 2.13. The predicted octanol–water partition coefficient (Wildman–Crippen LogP) is 4.76. The lowest BCUT2D eigenvalue weighted by molar-refractivity contribution is -0.154. The Hall–Kier alpha value is -4.76. The summed E-state index contributed by atoms with van der Waals surface area (Å²) in [6.07, 6.45) is 4.46. The van der Waals surface area contributed by atoms with Crippen LogP contribution in [-0.2, 0) is 9.59 Å². The molecule has 0 unspecified atom stereocenters. The summed E-state index contributed by atoms with van der Waals surface area (Å²) >= 11 is 5.97. The molecule has 2 atom stereocenters. The van der Waals surface area contributed by atoms with Gasteiger partial charge in [-0.05, 0) is 79.6 Å². The van der Waals surface area contributed by atoms with Crippen LogP contribution in [0.15, 0.2) is 84.9 Å². The van der Waals surface area contributed by atoms with Gasteiger partial charge in [-0.2, -0.15) is 5.01 Å². The minimum absolute atomic E-state index is 0.163. The van der Waals surface area contributed by atoms with Crippen molar-refractivity contribution in [3.8, 4) is 11.5 Å². The topological polar surface area (TPSA) is 110 Å². The molecule has 3 amide bonds. The SMILES string of the molecule is COc1cccc(C(=O)Oc2ccc(C(=O)CN(C(=O)c3ccc(Cl)cc3)N3C(=O)[C@H]4CC=CC[C@@H]4C3=O)cc2)c1. The second-order valence-corrected chi connectivity index (χ2v) is 10.0. The van der Waals surface area contributed by atoms with Gasteiger partial charge in [-0.25, -0.2) is 9.80 Å². The van der Waals surface area contributed by atoms with Gasteiger partial charge in [-0.3, -0.25) is 19.2 Å². The number of hydrazine groups is 1. The molecule has 5 rings (SSSR count). The van der Waals surface area contributed by atoms with Crippen molar-refractivity contribution in [1.29, 1.82) is 0 Å². The molecule has 0 spiro atoms. The van der Waals surface area contributed by atoms with E-state index in [2.05, 4.69) is 0 Å². The van der Waals surface area contributed by atoms with E-state index in [0.29, 0.717) is 23.6 Å². The molecule has 1 aliphatic carbocycles. The summed E-state index contributed by atoms with van der Waals surface area (Å²) in [6.45, 7) is -0.561. The van der Waals surface area contributed by atoms with Crippen LogP contribution in [0.4, 0.5) is 0 Å². The van der Waals surface area contributed by atoms with Crippen molar-refractivity contribution in [3.63, 3.8) is 0 Å². The number of fused-ring (bicyclic) bond motifs is 1. The zero-order valence-electron chi connectivity index (χ0n) is 22.0. The molecule has 0 N–H and O–H groups in total. The van der Waals surface area contributed by atoms with Crippen LogP contribution < -0.4 is 9.47 Å². The number of ketones is 1. The van der Waals surface area contributed by atoms with Crippen LogP contribution in [0, 0.1) is 11.8 Å². The maximum atomic E-state index is 13.6. The van der Waals surface area contributed by atoms with Crippen LogP contribution in [0.2, 0.25) is 5.02 Å². The molecule has 10 heteroatoms. The molecule has 9 nitrogen and oxygen atoms in total. The van der Waals surface area contributed by atoms with E-state index >= 15 is 0 Å². The summed E-state index contributed by atoms with van der Waals surface area (Å²) in [6, 6.07) is 18.2. The average Bonchev–Trinajstić information content (AvgIpc) is 3.25. The third-order valence-corrected chi connectivity index (χ3v) is 7.29. The number of rotatable bonds is 8. The molecular weight excluding hydrogens is 548 g/mol. The van der Waals surface area contributed by atoms with Gasteiger partial charge in [0.1, 0.15) is 18.0 Å². The Labute approximate surface area is 240 Å². The zero-order valence-corrected chi connectivity index (χ0v) is 22.7. The van der Waals surface area contributed by atoms with Gasteiger partial charge in [-0.15, -0.1) is 0 Å². The Morgan fingerprint density at radius 3 is 2.05 bits per heavy atom. The molecule has 2 aliphatic rings. The van der Waals surface area contributed by atoms with Crippen molar-refractivity contribution in [2.75, 3.05) is 13.7 Å². The van der Waals surface area contributed by atoms with Crippen molar-refractivity contribution in [3.05, 3.63) is 107 Å². The molecule has 208 valence electrons. The highest BCUT2D eigenvalue weighted by Crippen LogP contribution is 2.36. The fraction of sp³-hybridized carbons (Fsp3) is 0.194. The number of amides is 3. The normalized spacial score (nSPS) is 17.7. The van der Waals surface area contributed by atoms with E-state index in [1.54, 1.807) is 24.3 Å². The maximum absolute atomic E-state index is 13.6. The minimum Gasteiger partial charge on any atom is -0.497 e. The number of carbonyl (C=O) groups is 5. The minimum atomic E-state index is -0.688. The van der Waals surface area contributed by atoms with Gasteiger partial charge >= 0.3 is 5.97 Å². The number of nitrogens with zero attached hydrogens (tertiary/aromatic N) is 2. The molecule has 3 aromatic rings. The van der Waals surface area contributed by atoms with E-state index in [9.17, 15) is 24.0 Å². The fourth-order valence-electron chi connectivity index (χ4n) is 4.85. The lowest BCUT2D eigenvalue weighted by atomic mass is 9.85. The highest BCUT2D eigenvalue weighted by atomic mass is 35.5. The van der Waals surface area contributed by atoms with Gasteiger partial charge in [0, 0.05) is 16.1 Å². The summed E-state index contributed by atoms with van der Waals surface area (Å²) in [7, 11) is 1.49. The third-order valence-electron chi connectivity index (χ3n) is 7.04. The molecule has 1 saturated heterocycles. The van der Waals surface area contributed by atoms with Gasteiger partial charge in [0.15, 0.2) is 5.78 Å². The molecule has 41 heavy (non-hydrogen) atoms. The number of allylic oxidation sites excluding steroid dienone is 2. The standard InChI is InChI=1S/C31H25ClN2O7/c1-40-24-6-4-5-21(17-24)31(39)41-23-15-11-19(12-16-23)27(35)18-33(28(36)20-9-13-22(32)14-10-20)34-29(37)25-7-2-3-8-26(25)30(34)38/h2-6,9-17,25-26H,7-8,18H2,1H3/t25-,26-/m0/s1. The molecule has 1 heterocycles. The lowest BCUT2D eigenvalue weighted by Crippen LogP contribution is -2.52. The Morgan fingerprint density at radius 2 is 1.44 bits per heavy atom.